The molecule has 144 valence electrons. The van der Waals surface area contributed by atoms with E-state index in [0.29, 0.717) is 24.3 Å². The summed E-state index contributed by atoms with van der Waals surface area (Å²) < 4.78 is 39.2. The van der Waals surface area contributed by atoms with Gasteiger partial charge in [-0.25, -0.2) is 4.98 Å². The van der Waals surface area contributed by atoms with Gasteiger partial charge in [0, 0.05) is 50.2 Å². The Morgan fingerprint density at radius 2 is 1.93 bits per heavy atom. The third kappa shape index (κ3) is 4.20. The minimum absolute atomic E-state index is 0.00770. The summed E-state index contributed by atoms with van der Waals surface area (Å²) in [5, 5.41) is 2.44. The molecule has 1 amide bonds. The van der Waals surface area contributed by atoms with Gasteiger partial charge in [-0.3, -0.25) is 9.78 Å². The lowest BCUT2D eigenvalue weighted by atomic mass is 10.1. The highest BCUT2D eigenvalue weighted by atomic mass is 19.4. The second-order valence-electron chi connectivity index (χ2n) is 6.74. The van der Waals surface area contributed by atoms with Gasteiger partial charge in [0.2, 0.25) is 5.91 Å². The monoisotopic (exact) mass is 378 g/mol. The molecule has 8 heteroatoms. The quantitative estimate of drug-likeness (QED) is 0.804. The molecule has 0 aliphatic heterocycles. The lowest BCUT2D eigenvalue weighted by molar-refractivity contribution is -0.192. The van der Waals surface area contributed by atoms with Crippen LogP contribution in [0.25, 0.3) is 0 Å². The van der Waals surface area contributed by atoms with Crippen molar-refractivity contribution in [1.82, 2.24) is 15.3 Å². The zero-order valence-electron chi connectivity index (χ0n) is 15.0. The Morgan fingerprint density at radius 3 is 2.56 bits per heavy atom. The first-order valence-corrected chi connectivity index (χ1v) is 8.73. The fraction of sp³-hybridized carbons (Fsp3) is 0.421. The van der Waals surface area contributed by atoms with E-state index in [0.717, 1.165) is 5.69 Å². The number of nitrogens with one attached hydrogen (secondary N) is 1. The number of amides is 1. The minimum atomic E-state index is -4.51. The molecule has 3 rings (SSSR count). The third-order valence-corrected chi connectivity index (χ3v) is 4.83. The van der Waals surface area contributed by atoms with E-state index in [4.69, 9.17) is 0 Å². The van der Waals surface area contributed by atoms with Crippen LogP contribution in [0.4, 0.5) is 19.0 Å². The van der Waals surface area contributed by atoms with Crippen LogP contribution >= 0.6 is 0 Å². The summed E-state index contributed by atoms with van der Waals surface area (Å²) in [6.07, 6.45) is -0.745. The summed E-state index contributed by atoms with van der Waals surface area (Å²) >= 11 is 0. The molecule has 0 aromatic carbocycles. The molecule has 0 saturated heterocycles. The number of pyridine rings is 2. The van der Waals surface area contributed by atoms with Gasteiger partial charge in [-0.2, -0.15) is 13.2 Å². The molecular weight excluding hydrogens is 357 g/mol. The first-order valence-electron chi connectivity index (χ1n) is 8.73. The van der Waals surface area contributed by atoms with Crippen LogP contribution in [0, 0.1) is 5.41 Å². The molecule has 1 aliphatic rings. The molecule has 0 unspecified atom stereocenters. The van der Waals surface area contributed by atoms with Crippen LogP contribution in [0.15, 0.2) is 42.7 Å². The Balaban J connectivity index is 1.63. The molecule has 1 N–H and O–H groups in total. The van der Waals surface area contributed by atoms with Gasteiger partial charge < -0.3 is 10.2 Å². The SMILES string of the molecule is CN(CCc1ccccn1)c1ncccc1CNC(=O)C1(C(F)(F)F)CC1. The first-order chi connectivity index (χ1) is 12.8. The van der Waals surface area contributed by atoms with Crippen molar-refractivity contribution in [2.24, 2.45) is 5.41 Å². The highest BCUT2D eigenvalue weighted by molar-refractivity contribution is 5.86. The van der Waals surface area contributed by atoms with Crippen molar-refractivity contribution in [3.05, 3.63) is 54.0 Å². The molecule has 0 atom stereocenters. The average Bonchev–Trinajstić information content (AvgIpc) is 3.47. The van der Waals surface area contributed by atoms with Crippen molar-refractivity contribution in [1.29, 1.82) is 0 Å². The van der Waals surface area contributed by atoms with E-state index >= 15 is 0 Å². The lowest BCUT2D eigenvalue weighted by Crippen LogP contribution is -2.41. The Hall–Kier alpha value is -2.64. The Labute approximate surface area is 155 Å². The fourth-order valence-electron chi connectivity index (χ4n) is 2.96. The highest BCUT2D eigenvalue weighted by Crippen LogP contribution is 2.57. The number of halogens is 3. The van der Waals surface area contributed by atoms with Gasteiger partial charge >= 0.3 is 6.18 Å². The largest absolute Gasteiger partial charge is 0.403 e. The Bertz CT molecular complexity index is 791. The van der Waals surface area contributed by atoms with Crippen molar-refractivity contribution < 1.29 is 18.0 Å². The summed E-state index contributed by atoms with van der Waals surface area (Å²) in [4.78, 5) is 22.6. The van der Waals surface area contributed by atoms with Gasteiger partial charge in [0.1, 0.15) is 11.2 Å². The van der Waals surface area contributed by atoms with Crippen LogP contribution in [0.1, 0.15) is 24.1 Å². The number of nitrogens with zero attached hydrogens (tertiary/aromatic N) is 3. The number of hydrogen-bond donors (Lipinski definition) is 1. The second kappa shape index (κ2) is 7.54. The normalized spacial score (nSPS) is 15.3. The maximum absolute atomic E-state index is 13.1. The number of carbonyl (C=O) groups is 1. The second-order valence-corrected chi connectivity index (χ2v) is 6.74. The Kier molecular flexibility index (Phi) is 5.34. The molecule has 1 fully saturated rings. The van der Waals surface area contributed by atoms with Crippen LogP contribution in [-0.4, -0.2) is 35.6 Å². The smallest absolute Gasteiger partial charge is 0.359 e. The van der Waals surface area contributed by atoms with Crippen molar-refractivity contribution in [2.45, 2.75) is 32.0 Å². The van der Waals surface area contributed by atoms with E-state index in [1.54, 1.807) is 24.5 Å². The van der Waals surface area contributed by atoms with Crippen LogP contribution in [0.2, 0.25) is 0 Å². The molecule has 0 radical (unpaired) electrons. The summed E-state index contributed by atoms with van der Waals surface area (Å²) in [6, 6.07) is 9.15. The minimum Gasteiger partial charge on any atom is -0.359 e. The standard InChI is InChI=1S/C19H21F3N4O/c1-26(12-7-15-6-2-3-10-23-15)16-14(5-4-11-24-16)13-25-17(27)18(8-9-18)19(20,21)22/h2-6,10-11H,7-9,12-13H2,1H3,(H,25,27). The van der Waals surface area contributed by atoms with Crippen LogP contribution in [-0.2, 0) is 17.8 Å². The zero-order valence-corrected chi connectivity index (χ0v) is 15.0. The lowest BCUT2D eigenvalue weighted by Gasteiger charge is -2.22. The summed E-state index contributed by atoms with van der Waals surface area (Å²) in [5.41, 5.74) is -0.594. The molecule has 0 spiro atoms. The molecule has 27 heavy (non-hydrogen) atoms. The highest BCUT2D eigenvalue weighted by Gasteiger charge is 2.68. The predicted octanol–water partition coefficient (Wildman–Crippen LogP) is 3.11. The molecule has 5 nitrogen and oxygen atoms in total. The maximum Gasteiger partial charge on any atom is 0.403 e. The van der Waals surface area contributed by atoms with Crippen molar-refractivity contribution in [3.8, 4) is 0 Å². The third-order valence-electron chi connectivity index (χ3n) is 4.83. The van der Waals surface area contributed by atoms with Crippen molar-refractivity contribution in [2.75, 3.05) is 18.5 Å². The number of alkyl halides is 3. The van der Waals surface area contributed by atoms with Crippen LogP contribution in [0.5, 0.6) is 0 Å². The molecule has 2 heterocycles. The number of rotatable bonds is 7. The predicted molar refractivity (Wildman–Crippen MR) is 95.0 cm³/mol. The molecule has 1 aliphatic carbocycles. The van der Waals surface area contributed by atoms with Gasteiger partial charge in [-0.1, -0.05) is 12.1 Å². The summed E-state index contributed by atoms with van der Waals surface area (Å²) in [6.45, 7) is 0.648. The fourth-order valence-corrected chi connectivity index (χ4v) is 2.96. The molecule has 1 saturated carbocycles. The van der Waals surface area contributed by atoms with Gasteiger partial charge in [0.25, 0.3) is 0 Å². The summed E-state index contributed by atoms with van der Waals surface area (Å²) in [5.74, 6) is -0.327. The number of carbonyl (C=O) groups excluding carboxylic acids is 1. The van der Waals surface area contributed by atoms with E-state index < -0.39 is 17.5 Å². The van der Waals surface area contributed by atoms with E-state index in [1.807, 2.05) is 30.1 Å². The molecule has 2 aromatic rings. The van der Waals surface area contributed by atoms with Crippen LogP contribution < -0.4 is 10.2 Å². The number of anilines is 1. The molecule has 0 bridgehead atoms. The van der Waals surface area contributed by atoms with E-state index in [2.05, 4.69) is 15.3 Å². The van der Waals surface area contributed by atoms with Crippen molar-refractivity contribution in [3.63, 3.8) is 0 Å². The van der Waals surface area contributed by atoms with Crippen molar-refractivity contribution >= 4 is 11.7 Å². The molecule has 2 aromatic heterocycles. The molecular formula is C19H21F3N4O. The van der Waals surface area contributed by atoms with Crippen LogP contribution in [0.3, 0.4) is 0 Å². The zero-order chi connectivity index (χ0) is 19.5. The number of aromatic nitrogens is 2. The summed E-state index contributed by atoms with van der Waals surface area (Å²) in [7, 11) is 1.86. The van der Waals surface area contributed by atoms with Gasteiger partial charge in [-0.15, -0.1) is 0 Å². The average molecular weight is 378 g/mol. The van der Waals surface area contributed by atoms with Gasteiger partial charge in [0.05, 0.1) is 0 Å². The van der Waals surface area contributed by atoms with Gasteiger partial charge in [-0.05, 0) is 31.0 Å². The number of likely N-dealkylation sites (N-methyl/N-ethyl adjacent to an activating group) is 1. The first kappa shape index (κ1) is 19.1. The van der Waals surface area contributed by atoms with E-state index in [1.165, 1.54) is 0 Å². The maximum atomic E-state index is 13.1. The Morgan fingerprint density at radius 1 is 1.19 bits per heavy atom. The topological polar surface area (TPSA) is 58.1 Å². The van der Waals surface area contributed by atoms with Gasteiger partial charge in [0.15, 0.2) is 0 Å². The number of hydrogen-bond acceptors (Lipinski definition) is 4. The van der Waals surface area contributed by atoms with E-state index in [9.17, 15) is 18.0 Å². The van der Waals surface area contributed by atoms with E-state index in [-0.39, 0.29) is 19.4 Å².